The minimum atomic E-state index is -0.559. The number of hydrogen-bond acceptors (Lipinski definition) is 3. The van der Waals surface area contributed by atoms with E-state index in [9.17, 15) is 4.79 Å². The second kappa shape index (κ2) is 7.84. The van der Waals surface area contributed by atoms with Crippen LogP contribution in [0, 0.1) is 0 Å². The summed E-state index contributed by atoms with van der Waals surface area (Å²) in [5.41, 5.74) is 6.99. The molecule has 0 aliphatic heterocycles. The Balaban J connectivity index is 2.28. The summed E-state index contributed by atoms with van der Waals surface area (Å²) < 4.78 is 4.88. The van der Waals surface area contributed by atoms with Crippen molar-refractivity contribution in [3.05, 3.63) is 35.9 Å². The van der Waals surface area contributed by atoms with Gasteiger partial charge in [-0.15, -0.1) is 0 Å². The van der Waals surface area contributed by atoms with Gasteiger partial charge in [0.1, 0.15) is 6.04 Å². The maximum Gasteiger partial charge on any atom is 0.241 e. The second-order valence-corrected chi connectivity index (χ2v) is 4.41. The molecule has 100 valence electrons. The van der Waals surface area contributed by atoms with Crippen molar-refractivity contribution in [1.82, 2.24) is 4.90 Å². The van der Waals surface area contributed by atoms with Crippen molar-refractivity contribution < 1.29 is 9.53 Å². The van der Waals surface area contributed by atoms with Crippen LogP contribution in [0.25, 0.3) is 0 Å². The van der Waals surface area contributed by atoms with E-state index in [0.717, 1.165) is 12.8 Å². The van der Waals surface area contributed by atoms with Crippen molar-refractivity contribution in [3.8, 4) is 0 Å². The van der Waals surface area contributed by atoms with Gasteiger partial charge in [0, 0.05) is 20.7 Å². The van der Waals surface area contributed by atoms with Crippen LogP contribution < -0.4 is 5.73 Å². The third kappa shape index (κ3) is 4.85. The molecule has 0 saturated carbocycles. The molecule has 0 heterocycles. The summed E-state index contributed by atoms with van der Waals surface area (Å²) in [6.45, 7) is 0.979. The van der Waals surface area contributed by atoms with E-state index >= 15 is 0 Å². The van der Waals surface area contributed by atoms with Gasteiger partial charge in [-0.3, -0.25) is 4.79 Å². The molecule has 0 radical (unpaired) electrons. The van der Waals surface area contributed by atoms with E-state index in [2.05, 4.69) is 12.1 Å². The van der Waals surface area contributed by atoms with E-state index in [1.807, 2.05) is 18.2 Å². The van der Waals surface area contributed by atoms with Crippen molar-refractivity contribution >= 4 is 5.91 Å². The van der Waals surface area contributed by atoms with Crippen LogP contribution in [0.2, 0.25) is 0 Å². The topological polar surface area (TPSA) is 55.6 Å². The molecular weight excluding hydrogens is 228 g/mol. The molecule has 4 nitrogen and oxygen atoms in total. The standard InChI is InChI=1S/C14H22N2O2/c1-16(14(17)13(15)11-18-2)10-6-9-12-7-4-3-5-8-12/h3-5,7-8,13H,6,9-11,15H2,1-2H3. The van der Waals surface area contributed by atoms with Crippen LogP contribution in [-0.2, 0) is 16.0 Å². The minimum Gasteiger partial charge on any atom is -0.383 e. The Morgan fingerprint density at radius 1 is 1.39 bits per heavy atom. The predicted molar refractivity (Wildman–Crippen MR) is 72.3 cm³/mol. The summed E-state index contributed by atoms with van der Waals surface area (Å²) in [6.07, 6.45) is 1.91. The monoisotopic (exact) mass is 250 g/mol. The minimum absolute atomic E-state index is 0.0649. The number of carbonyl (C=O) groups is 1. The SMILES string of the molecule is COCC(N)C(=O)N(C)CCCc1ccccc1. The van der Waals surface area contributed by atoms with Crippen LogP contribution in [0.3, 0.4) is 0 Å². The Morgan fingerprint density at radius 3 is 2.67 bits per heavy atom. The molecule has 1 amide bonds. The van der Waals surface area contributed by atoms with Gasteiger partial charge in [0.2, 0.25) is 5.91 Å². The van der Waals surface area contributed by atoms with Gasteiger partial charge in [0.25, 0.3) is 0 Å². The molecule has 18 heavy (non-hydrogen) atoms. The number of rotatable bonds is 7. The molecule has 2 N–H and O–H groups in total. The highest BCUT2D eigenvalue weighted by molar-refractivity contribution is 5.81. The average Bonchev–Trinajstić information content (AvgIpc) is 2.39. The molecule has 1 rings (SSSR count). The molecule has 0 aliphatic carbocycles. The Labute approximate surface area is 109 Å². The third-order valence-electron chi connectivity index (χ3n) is 2.84. The van der Waals surface area contributed by atoms with E-state index in [4.69, 9.17) is 10.5 Å². The summed E-state index contributed by atoms with van der Waals surface area (Å²) in [7, 11) is 3.32. The Hall–Kier alpha value is -1.39. The number of aryl methyl sites for hydroxylation is 1. The molecule has 0 saturated heterocycles. The van der Waals surface area contributed by atoms with E-state index in [1.54, 1.807) is 19.1 Å². The van der Waals surface area contributed by atoms with Crippen LogP contribution in [0.5, 0.6) is 0 Å². The lowest BCUT2D eigenvalue weighted by Gasteiger charge is -2.20. The first-order chi connectivity index (χ1) is 8.65. The van der Waals surface area contributed by atoms with Gasteiger partial charge in [0.15, 0.2) is 0 Å². The van der Waals surface area contributed by atoms with Crippen LogP contribution in [0.1, 0.15) is 12.0 Å². The number of nitrogens with zero attached hydrogens (tertiary/aromatic N) is 1. The number of carbonyl (C=O) groups excluding carboxylic acids is 1. The Morgan fingerprint density at radius 2 is 2.06 bits per heavy atom. The second-order valence-electron chi connectivity index (χ2n) is 4.41. The predicted octanol–water partition coefficient (Wildman–Crippen LogP) is 1.05. The fourth-order valence-electron chi connectivity index (χ4n) is 1.81. The van der Waals surface area contributed by atoms with Crippen LogP contribution in [0.4, 0.5) is 0 Å². The number of likely N-dealkylation sites (N-methyl/N-ethyl adjacent to an activating group) is 1. The number of ether oxygens (including phenoxy) is 1. The summed E-state index contributed by atoms with van der Waals surface area (Å²) >= 11 is 0. The fourth-order valence-corrected chi connectivity index (χ4v) is 1.81. The largest absolute Gasteiger partial charge is 0.383 e. The molecule has 1 atom stereocenters. The van der Waals surface area contributed by atoms with Crippen molar-refractivity contribution in [2.45, 2.75) is 18.9 Å². The number of nitrogens with two attached hydrogens (primary N) is 1. The normalized spacial score (nSPS) is 12.2. The third-order valence-corrected chi connectivity index (χ3v) is 2.84. The molecule has 1 aromatic carbocycles. The molecule has 0 bridgehead atoms. The van der Waals surface area contributed by atoms with Crippen molar-refractivity contribution in [2.24, 2.45) is 5.73 Å². The van der Waals surface area contributed by atoms with Gasteiger partial charge in [-0.05, 0) is 18.4 Å². The Kier molecular flexibility index (Phi) is 6.39. The number of benzene rings is 1. The molecule has 1 aromatic rings. The Bertz CT molecular complexity index is 354. The van der Waals surface area contributed by atoms with Crippen molar-refractivity contribution in [3.63, 3.8) is 0 Å². The van der Waals surface area contributed by atoms with E-state index < -0.39 is 6.04 Å². The summed E-state index contributed by atoms with van der Waals surface area (Å²) in [4.78, 5) is 13.5. The highest BCUT2D eigenvalue weighted by Gasteiger charge is 2.17. The maximum absolute atomic E-state index is 11.8. The summed E-state index contributed by atoms with van der Waals surface area (Å²) in [5, 5.41) is 0. The number of hydrogen-bond donors (Lipinski definition) is 1. The lowest BCUT2D eigenvalue weighted by atomic mass is 10.1. The van der Waals surface area contributed by atoms with Crippen LogP contribution in [-0.4, -0.2) is 44.2 Å². The first-order valence-corrected chi connectivity index (χ1v) is 6.18. The average molecular weight is 250 g/mol. The molecule has 0 aliphatic rings. The van der Waals surface area contributed by atoms with Gasteiger partial charge >= 0.3 is 0 Å². The molecule has 1 unspecified atom stereocenters. The van der Waals surface area contributed by atoms with Crippen LogP contribution >= 0.6 is 0 Å². The van der Waals surface area contributed by atoms with Gasteiger partial charge in [-0.1, -0.05) is 30.3 Å². The zero-order valence-electron chi connectivity index (χ0n) is 11.1. The van der Waals surface area contributed by atoms with Gasteiger partial charge in [-0.2, -0.15) is 0 Å². The molecule has 0 spiro atoms. The first kappa shape index (κ1) is 14.7. The molecule has 0 fully saturated rings. The molecule has 0 aromatic heterocycles. The van der Waals surface area contributed by atoms with E-state index in [1.165, 1.54) is 5.56 Å². The highest BCUT2D eigenvalue weighted by atomic mass is 16.5. The van der Waals surface area contributed by atoms with Gasteiger partial charge in [0.05, 0.1) is 6.61 Å². The first-order valence-electron chi connectivity index (χ1n) is 6.18. The van der Waals surface area contributed by atoms with Crippen molar-refractivity contribution in [2.75, 3.05) is 27.3 Å². The zero-order chi connectivity index (χ0) is 13.4. The van der Waals surface area contributed by atoms with Crippen molar-refractivity contribution in [1.29, 1.82) is 0 Å². The van der Waals surface area contributed by atoms with Crippen LogP contribution in [0.15, 0.2) is 30.3 Å². The number of amides is 1. The molecular formula is C14H22N2O2. The summed E-state index contributed by atoms with van der Waals surface area (Å²) in [5.74, 6) is -0.0649. The quantitative estimate of drug-likeness (QED) is 0.787. The van der Waals surface area contributed by atoms with Gasteiger partial charge < -0.3 is 15.4 Å². The molecule has 4 heteroatoms. The van der Waals surface area contributed by atoms with E-state index in [0.29, 0.717) is 6.54 Å². The smallest absolute Gasteiger partial charge is 0.241 e. The fraction of sp³-hybridized carbons (Fsp3) is 0.500. The highest BCUT2D eigenvalue weighted by Crippen LogP contribution is 2.03. The number of methoxy groups -OCH3 is 1. The lowest BCUT2D eigenvalue weighted by molar-refractivity contribution is -0.132. The van der Waals surface area contributed by atoms with Gasteiger partial charge in [-0.25, -0.2) is 0 Å². The summed E-state index contributed by atoms with van der Waals surface area (Å²) in [6, 6.07) is 9.69. The van der Waals surface area contributed by atoms with E-state index in [-0.39, 0.29) is 12.5 Å². The lowest BCUT2D eigenvalue weighted by Crippen LogP contribution is -2.44. The maximum atomic E-state index is 11.8. The zero-order valence-corrected chi connectivity index (χ0v) is 11.1.